The molecule has 18 heavy (non-hydrogen) atoms. The quantitative estimate of drug-likeness (QED) is 0.576. The summed E-state index contributed by atoms with van der Waals surface area (Å²) in [6, 6.07) is 5.45. The van der Waals surface area contributed by atoms with Crippen LogP contribution in [0.25, 0.3) is 0 Å². The van der Waals surface area contributed by atoms with Crippen molar-refractivity contribution in [1.29, 1.82) is 0 Å². The van der Waals surface area contributed by atoms with Crippen molar-refractivity contribution < 1.29 is 9.53 Å². The first-order valence-corrected chi connectivity index (χ1v) is 8.16. The van der Waals surface area contributed by atoms with Gasteiger partial charge >= 0.3 is 0 Å². The minimum absolute atomic E-state index is 0.482. The molecule has 6 heteroatoms. The summed E-state index contributed by atoms with van der Waals surface area (Å²) in [5, 5.41) is 2.00. The zero-order valence-corrected chi connectivity index (χ0v) is 14.5. The van der Waals surface area contributed by atoms with E-state index in [0.29, 0.717) is 17.9 Å². The van der Waals surface area contributed by atoms with Gasteiger partial charge in [-0.05, 0) is 71.4 Å². The van der Waals surface area contributed by atoms with Crippen molar-refractivity contribution in [2.45, 2.75) is 6.61 Å². The zero-order chi connectivity index (χ0) is 13.1. The summed E-state index contributed by atoms with van der Waals surface area (Å²) in [6.45, 7) is 0.482. The van der Waals surface area contributed by atoms with E-state index in [2.05, 4.69) is 47.8 Å². The van der Waals surface area contributed by atoms with Gasteiger partial charge in [-0.3, -0.25) is 4.79 Å². The van der Waals surface area contributed by atoms with Gasteiger partial charge in [0.2, 0.25) is 0 Å². The third-order valence-corrected chi connectivity index (χ3v) is 5.27. The maximum Gasteiger partial charge on any atom is 0.150 e. The van der Waals surface area contributed by atoms with Gasteiger partial charge in [0, 0.05) is 10.0 Å². The predicted molar refractivity (Wildman–Crippen MR) is 83.6 cm³/mol. The molecule has 0 atom stereocenters. The molecule has 0 fully saturated rings. The Balaban J connectivity index is 2.19. The van der Waals surface area contributed by atoms with E-state index in [-0.39, 0.29) is 0 Å². The highest BCUT2D eigenvalue weighted by atomic mass is 79.9. The van der Waals surface area contributed by atoms with Crippen LogP contribution in [0.1, 0.15) is 15.2 Å². The standard InChI is InChI=1S/C12H7Br3O2S/c13-8-1-2-18-11(8)6-17-12-9(14)3-7(5-16)4-10(12)15/h1-5H,6H2. The lowest BCUT2D eigenvalue weighted by atomic mass is 10.2. The van der Waals surface area contributed by atoms with Gasteiger partial charge in [0.25, 0.3) is 0 Å². The van der Waals surface area contributed by atoms with Gasteiger partial charge in [-0.15, -0.1) is 11.3 Å². The van der Waals surface area contributed by atoms with E-state index in [0.717, 1.165) is 24.6 Å². The molecule has 1 heterocycles. The number of carbonyl (C=O) groups is 1. The summed E-state index contributed by atoms with van der Waals surface area (Å²) in [7, 11) is 0. The van der Waals surface area contributed by atoms with Crippen LogP contribution in [0, 0.1) is 0 Å². The summed E-state index contributed by atoms with van der Waals surface area (Å²) in [6.07, 6.45) is 0.801. The number of hydrogen-bond donors (Lipinski definition) is 0. The van der Waals surface area contributed by atoms with Gasteiger partial charge in [-0.1, -0.05) is 0 Å². The van der Waals surface area contributed by atoms with Gasteiger partial charge < -0.3 is 4.74 Å². The Hall–Kier alpha value is -0.170. The van der Waals surface area contributed by atoms with Crippen LogP contribution in [0.5, 0.6) is 5.75 Å². The molecule has 0 bridgehead atoms. The van der Waals surface area contributed by atoms with Crippen LogP contribution >= 0.6 is 59.1 Å². The highest BCUT2D eigenvalue weighted by Gasteiger charge is 2.10. The van der Waals surface area contributed by atoms with E-state index in [1.54, 1.807) is 23.5 Å². The van der Waals surface area contributed by atoms with Crippen LogP contribution < -0.4 is 4.74 Å². The minimum Gasteiger partial charge on any atom is -0.486 e. The number of aldehydes is 1. The van der Waals surface area contributed by atoms with Gasteiger partial charge in [0.1, 0.15) is 18.6 Å². The lowest BCUT2D eigenvalue weighted by Gasteiger charge is -2.10. The van der Waals surface area contributed by atoms with Crippen LogP contribution in [-0.2, 0) is 6.61 Å². The molecule has 2 aromatic rings. The SMILES string of the molecule is O=Cc1cc(Br)c(OCc2sccc2Br)c(Br)c1. The van der Waals surface area contributed by atoms with E-state index < -0.39 is 0 Å². The highest BCUT2D eigenvalue weighted by molar-refractivity contribution is 9.11. The van der Waals surface area contributed by atoms with E-state index >= 15 is 0 Å². The molecule has 0 spiro atoms. The molecule has 0 N–H and O–H groups in total. The highest BCUT2D eigenvalue weighted by Crippen LogP contribution is 2.35. The predicted octanol–water partition coefficient (Wildman–Crippen LogP) is 5.43. The Bertz CT molecular complexity index is 557. The average Bonchev–Trinajstić information content (AvgIpc) is 2.73. The molecular formula is C12H7Br3O2S. The maximum absolute atomic E-state index is 10.7. The fraction of sp³-hybridized carbons (Fsp3) is 0.0833. The van der Waals surface area contributed by atoms with E-state index in [4.69, 9.17) is 4.74 Å². The molecule has 0 aliphatic carbocycles. The summed E-state index contributed by atoms with van der Waals surface area (Å²) >= 11 is 11.9. The van der Waals surface area contributed by atoms with Gasteiger partial charge in [-0.25, -0.2) is 0 Å². The molecule has 0 saturated carbocycles. The third-order valence-electron chi connectivity index (χ3n) is 2.20. The summed E-state index contributed by atoms with van der Waals surface area (Å²) in [5.74, 6) is 0.695. The first-order valence-electron chi connectivity index (χ1n) is 4.90. The molecule has 1 aromatic heterocycles. The monoisotopic (exact) mass is 452 g/mol. The normalized spacial score (nSPS) is 10.4. The van der Waals surface area contributed by atoms with Crippen molar-refractivity contribution >= 4 is 65.4 Å². The van der Waals surface area contributed by atoms with Gasteiger partial charge in [0.05, 0.1) is 13.8 Å². The number of thiophene rings is 1. The topological polar surface area (TPSA) is 26.3 Å². The Morgan fingerprint density at radius 1 is 1.17 bits per heavy atom. The van der Waals surface area contributed by atoms with E-state index in [9.17, 15) is 4.79 Å². The van der Waals surface area contributed by atoms with Crippen molar-refractivity contribution in [1.82, 2.24) is 0 Å². The van der Waals surface area contributed by atoms with E-state index in [1.807, 2.05) is 11.4 Å². The number of rotatable bonds is 4. The van der Waals surface area contributed by atoms with E-state index in [1.165, 1.54) is 0 Å². The third kappa shape index (κ3) is 3.23. The van der Waals surface area contributed by atoms with Crippen LogP contribution in [0.15, 0.2) is 37.0 Å². The number of benzene rings is 1. The molecule has 94 valence electrons. The van der Waals surface area contributed by atoms with Crippen molar-refractivity contribution in [2.75, 3.05) is 0 Å². The van der Waals surface area contributed by atoms with Crippen LogP contribution in [0.4, 0.5) is 0 Å². The first kappa shape index (κ1) is 14.2. The molecule has 1 aromatic carbocycles. The van der Waals surface area contributed by atoms with Crippen LogP contribution in [-0.4, -0.2) is 6.29 Å². The smallest absolute Gasteiger partial charge is 0.150 e. The minimum atomic E-state index is 0.482. The van der Waals surface area contributed by atoms with Gasteiger partial charge in [-0.2, -0.15) is 0 Å². The number of ether oxygens (including phenoxy) is 1. The molecule has 0 radical (unpaired) electrons. The zero-order valence-electron chi connectivity index (χ0n) is 8.95. The van der Waals surface area contributed by atoms with Gasteiger partial charge in [0.15, 0.2) is 0 Å². The molecule has 2 nitrogen and oxygen atoms in total. The molecule has 0 aliphatic heterocycles. The summed E-state index contributed by atoms with van der Waals surface area (Å²) in [5.41, 5.74) is 0.596. The second-order valence-electron chi connectivity index (χ2n) is 3.41. The number of halogens is 3. The Morgan fingerprint density at radius 3 is 2.33 bits per heavy atom. The van der Waals surface area contributed by atoms with Crippen LogP contribution in [0.3, 0.4) is 0 Å². The molecule has 0 aliphatic rings. The first-order chi connectivity index (χ1) is 8.61. The molecule has 0 unspecified atom stereocenters. The number of hydrogen-bond acceptors (Lipinski definition) is 3. The molecular weight excluding hydrogens is 448 g/mol. The Kier molecular flexibility index (Phi) is 5.00. The lowest BCUT2D eigenvalue weighted by Crippen LogP contribution is -1.96. The fourth-order valence-corrected chi connectivity index (χ4v) is 4.18. The summed E-state index contributed by atoms with van der Waals surface area (Å²) < 4.78 is 8.32. The molecule has 0 amide bonds. The molecule has 2 rings (SSSR count). The average molecular weight is 455 g/mol. The van der Waals surface area contributed by atoms with Crippen molar-refractivity contribution in [3.8, 4) is 5.75 Å². The number of carbonyl (C=O) groups excluding carboxylic acids is 1. The largest absolute Gasteiger partial charge is 0.486 e. The van der Waals surface area contributed by atoms with Crippen LogP contribution in [0.2, 0.25) is 0 Å². The fourth-order valence-electron chi connectivity index (χ4n) is 1.35. The lowest BCUT2D eigenvalue weighted by molar-refractivity contribution is 0.112. The second-order valence-corrected chi connectivity index (χ2v) is 6.98. The second kappa shape index (κ2) is 6.32. The van der Waals surface area contributed by atoms with Crippen molar-refractivity contribution in [2.24, 2.45) is 0 Å². The van der Waals surface area contributed by atoms with Crippen molar-refractivity contribution in [3.63, 3.8) is 0 Å². The van der Waals surface area contributed by atoms with Crippen molar-refractivity contribution in [3.05, 3.63) is 47.4 Å². The Morgan fingerprint density at radius 2 is 1.83 bits per heavy atom. The Labute approximate surface area is 134 Å². The maximum atomic E-state index is 10.7. The summed E-state index contributed by atoms with van der Waals surface area (Å²) in [4.78, 5) is 11.8. The molecule has 0 saturated heterocycles.